The van der Waals surface area contributed by atoms with Crippen molar-refractivity contribution in [3.8, 4) is 0 Å². The molecule has 1 aliphatic carbocycles. The average Bonchev–Trinajstić information content (AvgIpc) is 2.24. The van der Waals surface area contributed by atoms with E-state index < -0.39 is 0 Å². The summed E-state index contributed by atoms with van der Waals surface area (Å²) in [5.41, 5.74) is 2.92. The van der Waals surface area contributed by atoms with Gasteiger partial charge in [-0.25, -0.2) is 0 Å². The van der Waals surface area contributed by atoms with Crippen LogP contribution in [-0.2, 0) is 0 Å². The van der Waals surface area contributed by atoms with Crippen LogP contribution >= 0.6 is 0 Å². The zero-order valence-corrected chi connectivity index (χ0v) is 15.4. The molecule has 0 amide bonds. The third kappa shape index (κ3) is 3.77. The molecule has 0 radical (unpaired) electrons. The predicted octanol–water partition coefficient (Wildman–Crippen LogP) is 6.78. The van der Waals surface area contributed by atoms with Gasteiger partial charge in [0.1, 0.15) is 0 Å². The molecule has 0 heterocycles. The summed E-state index contributed by atoms with van der Waals surface area (Å²) in [7, 11) is 0. The minimum absolute atomic E-state index is 0.286. The third-order valence-corrected chi connectivity index (χ3v) is 5.18. The maximum atomic E-state index is 2.46. The molecule has 0 aromatic rings. The van der Waals surface area contributed by atoms with E-state index in [1.807, 2.05) is 0 Å². The van der Waals surface area contributed by atoms with E-state index in [-0.39, 0.29) is 5.41 Å². The van der Waals surface area contributed by atoms with Gasteiger partial charge in [-0.2, -0.15) is 0 Å². The molecule has 0 N–H and O–H groups in total. The quantitative estimate of drug-likeness (QED) is 0.533. The van der Waals surface area contributed by atoms with E-state index in [4.69, 9.17) is 0 Å². The van der Waals surface area contributed by atoms with Crippen molar-refractivity contribution in [1.29, 1.82) is 0 Å². The van der Waals surface area contributed by atoms with Crippen LogP contribution in [0.5, 0.6) is 0 Å². The lowest BCUT2D eigenvalue weighted by Crippen LogP contribution is -2.37. The number of hydrogen-bond donors (Lipinski definition) is 0. The molecule has 0 bridgehead atoms. The van der Waals surface area contributed by atoms with E-state index in [0.29, 0.717) is 16.2 Å². The smallest absolute Gasteiger partial charge is 0.00318 e. The minimum Gasteiger partial charge on any atom is -0.0775 e. The van der Waals surface area contributed by atoms with Crippen molar-refractivity contribution < 1.29 is 0 Å². The van der Waals surface area contributed by atoms with Crippen molar-refractivity contribution in [1.82, 2.24) is 0 Å². The van der Waals surface area contributed by atoms with E-state index >= 15 is 0 Å². The Balaban J connectivity index is 3.06. The second-order valence-corrected chi connectivity index (χ2v) is 9.61. The molecule has 1 aliphatic rings. The fourth-order valence-electron chi connectivity index (χ4n) is 4.00. The topological polar surface area (TPSA) is 0 Å². The fourth-order valence-corrected chi connectivity index (χ4v) is 4.00. The first-order chi connectivity index (χ1) is 8.83. The first-order valence-electron chi connectivity index (χ1n) is 8.22. The second-order valence-electron chi connectivity index (χ2n) is 9.61. The number of hydrogen-bond acceptors (Lipinski definition) is 0. The summed E-state index contributed by atoms with van der Waals surface area (Å²) in [5, 5.41) is 0. The molecule has 1 rings (SSSR count). The number of rotatable bonds is 3. The molecule has 1 unspecified atom stereocenters. The van der Waals surface area contributed by atoms with Gasteiger partial charge in [-0.1, -0.05) is 86.1 Å². The highest BCUT2D eigenvalue weighted by Crippen LogP contribution is 2.53. The van der Waals surface area contributed by atoms with Crippen LogP contribution in [0.15, 0.2) is 23.8 Å². The Kier molecular flexibility index (Phi) is 4.69. The lowest BCUT2D eigenvalue weighted by Gasteiger charge is -2.47. The van der Waals surface area contributed by atoms with Gasteiger partial charge in [0.15, 0.2) is 0 Å². The highest BCUT2D eigenvalue weighted by Gasteiger charge is 2.42. The summed E-state index contributed by atoms with van der Waals surface area (Å²) >= 11 is 0. The SMILES string of the molecule is CCC1(C(C)(C)C)C=CC=C(C(C)(C)CC(C)(C)C)C1. The van der Waals surface area contributed by atoms with Crippen LogP contribution in [-0.4, -0.2) is 0 Å². The van der Waals surface area contributed by atoms with Crippen molar-refractivity contribution >= 4 is 0 Å². The molecule has 0 nitrogen and oxygen atoms in total. The van der Waals surface area contributed by atoms with Crippen LogP contribution in [0.2, 0.25) is 0 Å². The molecule has 0 spiro atoms. The van der Waals surface area contributed by atoms with Gasteiger partial charge in [0.2, 0.25) is 0 Å². The highest BCUT2D eigenvalue weighted by atomic mass is 14.5. The molecule has 0 fully saturated rings. The van der Waals surface area contributed by atoms with E-state index in [0.717, 1.165) is 0 Å². The molecular weight excluding hydrogens is 240 g/mol. The van der Waals surface area contributed by atoms with Crippen molar-refractivity contribution in [3.63, 3.8) is 0 Å². The van der Waals surface area contributed by atoms with Gasteiger partial charge in [-0.15, -0.1) is 0 Å². The number of allylic oxidation sites excluding steroid dienone is 4. The van der Waals surface area contributed by atoms with Crippen LogP contribution in [0, 0.1) is 21.7 Å². The average molecular weight is 277 g/mol. The summed E-state index contributed by atoms with van der Waals surface area (Å²) in [4.78, 5) is 0. The van der Waals surface area contributed by atoms with E-state index in [2.05, 4.69) is 80.5 Å². The van der Waals surface area contributed by atoms with Crippen molar-refractivity contribution in [2.75, 3.05) is 0 Å². The van der Waals surface area contributed by atoms with Gasteiger partial charge in [0.05, 0.1) is 0 Å². The Morgan fingerprint density at radius 2 is 1.55 bits per heavy atom. The Morgan fingerprint density at radius 1 is 1.00 bits per heavy atom. The summed E-state index contributed by atoms with van der Waals surface area (Å²) < 4.78 is 0. The maximum Gasteiger partial charge on any atom is -0.00318 e. The molecule has 1 atom stereocenters. The first-order valence-corrected chi connectivity index (χ1v) is 8.22. The van der Waals surface area contributed by atoms with E-state index in [9.17, 15) is 0 Å². The molecule has 0 saturated heterocycles. The van der Waals surface area contributed by atoms with Crippen LogP contribution < -0.4 is 0 Å². The summed E-state index contributed by atoms with van der Waals surface area (Å²) in [6, 6.07) is 0. The van der Waals surface area contributed by atoms with Crippen molar-refractivity contribution in [3.05, 3.63) is 23.8 Å². The monoisotopic (exact) mass is 276 g/mol. The Labute approximate surface area is 127 Å². The van der Waals surface area contributed by atoms with Gasteiger partial charge >= 0.3 is 0 Å². The van der Waals surface area contributed by atoms with E-state index in [1.54, 1.807) is 5.57 Å². The van der Waals surface area contributed by atoms with Crippen molar-refractivity contribution in [2.24, 2.45) is 21.7 Å². The van der Waals surface area contributed by atoms with Gasteiger partial charge in [0, 0.05) is 0 Å². The molecule has 0 heteroatoms. The molecule has 0 saturated carbocycles. The zero-order valence-electron chi connectivity index (χ0n) is 15.4. The molecule has 0 aliphatic heterocycles. The van der Waals surface area contributed by atoms with Crippen LogP contribution in [0.4, 0.5) is 0 Å². The van der Waals surface area contributed by atoms with E-state index in [1.165, 1.54) is 19.3 Å². The molecule has 0 aromatic carbocycles. The summed E-state index contributed by atoms with van der Waals surface area (Å²) in [6.07, 6.45) is 10.8. The van der Waals surface area contributed by atoms with Gasteiger partial charge < -0.3 is 0 Å². The molecule has 0 aromatic heterocycles. The minimum atomic E-state index is 0.286. The fraction of sp³-hybridized carbons (Fsp3) is 0.800. The third-order valence-electron chi connectivity index (χ3n) is 5.18. The Hall–Kier alpha value is -0.520. The first kappa shape index (κ1) is 17.5. The standard InChI is InChI=1S/C20H36/c1-10-20(18(5,6)7)13-11-12-16(14-20)19(8,9)15-17(2,3)4/h11-13H,10,14-15H2,1-9H3. The highest BCUT2D eigenvalue weighted by molar-refractivity contribution is 5.29. The van der Waals surface area contributed by atoms with Crippen LogP contribution in [0.25, 0.3) is 0 Å². The summed E-state index contributed by atoms with van der Waals surface area (Å²) in [5.74, 6) is 0. The van der Waals surface area contributed by atoms with Gasteiger partial charge in [-0.05, 0) is 40.9 Å². The van der Waals surface area contributed by atoms with Crippen molar-refractivity contribution in [2.45, 2.75) is 81.6 Å². The van der Waals surface area contributed by atoms with Crippen LogP contribution in [0.1, 0.15) is 81.6 Å². The van der Waals surface area contributed by atoms with Crippen LogP contribution in [0.3, 0.4) is 0 Å². The normalized spacial score (nSPS) is 24.8. The Bertz CT molecular complexity index is 393. The molecular formula is C20H36. The second kappa shape index (κ2) is 5.35. The zero-order chi connectivity index (χ0) is 15.8. The molecule has 20 heavy (non-hydrogen) atoms. The van der Waals surface area contributed by atoms with Gasteiger partial charge in [-0.3, -0.25) is 0 Å². The lowest BCUT2D eigenvalue weighted by atomic mass is 9.57. The maximum absolute atomic E-state index is 2.46. The largest absolute Gasteiger partial charge is 0.0775 e. The Morgan fingerprint density at radius 3 is 1.95 bits per heavy atom. The summed E-state index contributed by atoms with van der Waals surface area (Å²) in [6.45, 7) is 21.4. The van der Waals surface area contributed by atoms with Gasteiger partial charge in [0.25, 0.3) is 0 Å². The molecule has 116 valence electrons. The predicted molar refractivity (Wildman–Crippen MR) is 91.9 cm³/mol. The lowest BCUT2D eigenvalue weighted by molar-refractivity contribution is 0.122.